The number of rotatable bonds is 7. The molecule has 1 aliphatic heterocycles. The molecule has 1 amide bonds. The van der Waals surface area contributed by atoms with E-state index in [0.29, 0.717) is 0 Å². The normalized spacial score (nSPS) is 23.7. The lowest BCUT2D eigenvalue weighted by atomic mass is 10.3. The molecule has 0 unspecified atom stereocenters. The SMILES string of the molecule is CC(=O)Nc1ccc(OCCCCN2C[C@H]3C[C@H]3C2)cc1. The highest BCUT2D eigenvalue weighted by Crippen LogP contribution is 2.44. The number of carbonyl (C=O) groups is 1. The smallest absolute Gasteiger partial charge is 0.221 e. The molecule has 0 bridgehead atoms. The topological polar surface area (TPSA) is 41.6 Å². The van der Waals surface area contributed by atoms with Crippen molar-refractivity contribution in [3.05, 3.63) is 24.3 Å². The average molecular weight is 288 g/mol. The van der Waals surface area contributed by atoms with Crippen molar-refractivity contribution in [2.45, 2.75) is 26.2 Å². The first-order chi connectivity index (χ1) is 10.2. The van der Waals surface area contributed by atoms with Gasteiger partial charge in [0.15, 0.2) is 0 Å². The van der Waals surface area contributed by atoms with Crippen molar-refractivity contribution in [1.82, 2.24) is 4.90 Å². The maximum Gasteiger partial charge on any atom is 0.221 e. The van der Waals surface area contributed by atoms with Crippen LogP contribution >= 0.6 is 0 Å². The van der Waals surface area contributed by atoms with E-state index in [1.165, 1.54) is 39.4 Å². The molecule has 4 nitrogen and oxygen atoms in total. The molecule has 1 aliphatic carbocycles. The minimum absolute atomic E-state index is 0.0526. The minimum Gasteiger partial charge on any atom is -0.494 e. The fourth-order valence-corrected chi connectivity index (χ4v) is 3.14. The van der Waals surface area contributed by atoms with Crippen molar-refractivity contribution in [2.24, 2.45) is 11.8 Å². The van der Waals surface area contributed by atoms with E-state index in [0.717, 1.165) is 36.3 Å². The molecule has 1 aromatic carbocycles. The van der Waals surface area contributed by atoms with Crippen LogP contribution in [0, 0.1) is 11.8 Å². The lowest BCUT2D eigenvalue weighted by Gasteiger charge is -2.16. The van der Waals surface area contributed by atoms with E-state index in [2.05, 4.69) is 10.2 Å². The molecule has 2 aliphatic rings. The molecule has 1 heterocycles. The van der Waals surface area contributed by atoms with E-state index >= 15 is 0 Å². The molecular weight excluding hydrogens is 264 g/mol. The van der Waals surface area contributed by atoms with Crippen LogP contribution in [0.3, 0.4) is 0 Å². The molecule has 1 saturated heterocycles. The number of benzene rings is 1. The van der Waals surface area contributed by atoms with Gasteiger partial charge in [0.25, 0.3) is 0 Å². The Morgan fingerprint density at radius 1 is 1.24 bits per heavy atom. The Morgan fingerprint density at radius 2 is 1.95 bits per heavy atom. The van der Waals surface area contributed by atoms with E-state index in [-0.39, 0.29) is 5.91 Å². The zero-order valence-electron chi connectivity index (χ0n) is 12.7. The van der Waals surface area contributed by atoms with E-state index in [4.69, 9.17) is 4.74 Å². The van der Waals surface area contributed by atoms with Gasteiger partial charge < -0.3 is 15.0 Å². The molecule has 2 fully saturated rings. The van der Waals surface area contributed by atoms with Crippen molar-refractivity contribution in [2.75, 3.05) is 31.6 Å². The summed E-state index contributed by atoms with van der Waals surface area (Å²) in [6.07, 6.45) is 3.79. The molecular formula is C17H24N2O2. The van der Waals surface area contributed by atoms with Crippen molar-refractivity contribution in [1.29, 1.82) is 0 Å². The number of carbonyl (C=O) groups excluding carboxylic acids is 1. The van der Waals surface area contributed by atoms with Gasteiger partial charge in [-0.3, -0.25) is 4.79 Å². The number of hydrogen-bond donors (Lipinski definition) is 1. The number of hydrogen-bond acceptors (Lipinski definition) is 3. The standard InChI is InChI=1S/C17H24N2O2/c1-13(20)18-16-4-6-17(7-5-16)21-9-3-2-8-19-11-14-10-15(14)12-19/h4-7,14-15H,2-3,8-12H2,1H3,(H,18,20)/t14-,15+. The Balaban J connectivity index is 1.29. The Bertz CT molecular complexity index is 476. The van der Waals surface area contributed by atoms with E-state index in [1.807, 2.05) is 24.3 Å². The number of amides is 1. The predicted molar refractivity (Wildman–Crippen MR) is 83.5 cm³/mol. The maximum atomic E-state index is 10.9. The quantitative estimate of drug-likeness (QED) is 0.784. The number of nitrogens with zero attached hydrogens (tertiary/aromatic N) is 1. The van der Waals surface area contributed by atoms with Crippen LogP contribution in [0.25, 0.3) is 0 Å². The minimum atomic E-state index is -0.0526. The fraction of sp³-hybridized carbons (Fsp3) is 0.588. The van der Waals surface area contributed by atoms with Gasteiger partial charge in [0.1, 0.15) is 5.75 Å². The summed E-state index contributed by atoms with van der Waals surface area (Å²) in [6.45, 7) is 6.15. The fourth-order valence-electron chi connectivity index (χ4n) is 3.14. The summed E-state index contributed by atoms with van der Waals surface area (Å²) in [5, 5.41) is 2.75. The molecule has 21 heavy (non-hydrogen) atoms. The number of fused-ring (bicyclic) bond motifs is 1. The highest BCUT2D eigenvalue weighted by atomic mass is 16.5. The summed E-state index contributed by atoms with van der Waals surface area (Å²) < 4.78 is 5.73. The Labute approximate surface area is 126 Å². The largest absolute Gasteiger partial charge is 0.494 e. The van der Waals surface area contributed by atoms with Gasteiger partial charge in [0, 0.05) is 25.7 Å². The van der Waals surface area contributed by atoms with Gasteiger partial charge in [-0.05, 0) is 61.9 Å². The lowest BCUT2D eigenvalue weighted by Crippen LogP contribution is -2.24. The molecule has 4 heteroatoms. The second-order valence-electron chi connectivity index (χ2n) is 6.28. The lowest BCUT2D eigenvalue weighted by molar-refractivity contribution is -0.114. The van der Waals surface area contributed by atoms with Crippen LogP contribution < -0.4 is 10.1 Å². The Morgan fingerprint density at radius 3 is 2.62 bits per heavy atom. The molecule has 1 saturated carbocycles. The molecule has 3 rings (SSSR count). The molecule has 1 aromatic rings. The monoisotopic (exact) mass is 288 g/mol. The Kier molecular flexibility index (Phi) is 4.44. The summed E-state index contributed by atoms with van der Waals surface area (Å²) >= 11 is 0. The molecule has 1 N–H and O–H groups in total. The van der Waals surface area contributed by atoms with Gasteiger partial charge in [0.05, 0.1) is 6.61 Å². The van der Waals surface area contributed by atoms with Crippen molar-refractivity contribution < 1.29 is 9.53 Å². The number of unbranched alkanes of at least 4 members (excludes halogenated alkanes) is 1. The highest BCUT2D eigenvalue weighted by Gasteiger charge is 2.44. The number of piperidine rings is 1. The maximum absolute atomic E-state index is 10.9. The number of likely N-dealkylation sites (tertiary alicyclic amines) is 1. The van der Waals surface area contributed by atoms with Crippen LogP contribution in [0.2, 0.25) is 0 Å². The van der Waals surface area contributed by atoms with Crippen LogP contribution in [0.5, 0.6) is 5.75 Å². The second kappa shape index (κ2) is 6.48. The molecule has 114 valence electrons. The first-order valence-corrected chi connectivity index (χ1v) is 7.93. The first-order valence-electron chi connectivity index (χ1n) is 7.93. The summed E-state index contributed by atoms with van der Waals surface area (Å²) in [6, 6.07) is 7.54. The molecule has 0 radical (unpaired) electrons. The van der Waals surface area contributed by atoms with E-state index in [9.17, 15) is 4.79 Å². The van der Waals surface area contributed by atoms with Crippen LogP contribution in [-0.2, 0) is 4.79 Å². The third-order valence-corrected chi connectivity index (χ3v) is 4.37. The van der Waals surface area contributed by atoms with Crippen molar-refractivity contribution >= 4 is 11.6 Å². The number of anilines is 1. The number of nitrogens with one attached hydrogen (secondary N) is 1. The highest BCUT2D eigenvalue weighted by molar-refractivity contribution is 5.88. The van der Waals surface area contributed by atoms with Gasteiger partial charge in [-0.2, -0.15) is 0 Å². The van der Waals surface area contributed by atoms with E-state index in [1.54, 1.807) is 0 Å². The van der Waals surface area contributed by atoms with E-state index < -0.39 is 0 Å². The third-order valence-electron chi connectivity index (χ3n) is 4.37. The molecule has 0 spiro atoms. The van der Waals surface area contributed by atoms with Gasteiger partial charge in [-0.25, -0.2) is 0 Å². The van der Waals surface area contributed by atoms with Crippen molar-refractivity contribution in [3.8, 4) is 5.75 Å². The van der Waals surface area contributed by atoms with Crippen LogP contribution in [-0.4, -0.2) is 37.0 Å². The van der Waals surface area contributed by atoms with Crippen LogP contribution in [0.1, 0.15) is 26.2 Å². The summed E-state index contributed by atoms with van der Waals surface area (Å²) in [5.74, 6) is 2.88. The van der Waals surface area contributed by atoms with Gasteiger partial charge in [-0.15, -0.1) is 0 Å². The summed E-state index contributed by atoms with van der Waals surface area (Å²) in [4.78, 5) is 13.5. The first kappa shape index (κ1) is 14.4. The van der Waals surface area contributed by atoms with Crippen LogP contribution in [0.15, 0.2) is 24.3 Å². The number of ether oxygens (including phenoxy) is 1. The summed E-state index contributed by atoms with van der Waals surface area (Å²) in [5.41, 5.74) is 0.808. The van der Waals surface area contributed by atoms with Crippen molar-refractivity contribution in [3.63, 3.8) is 0 Å². The zero-order valence-corrected chi connectivity index (χ0v) is 12.7. The average Bonchev–Trinajstić information content (AvgIpc) is 3.07. The second-order valence-corrected chi connectivity index (χ2v) is 6.28. The zero-order chi connectivity index (χ0) is 14.7. The summed E-state index contributed by atoms with van der Waals surface area (Å²) in [7, 11) is 0. The van der Waals surface area contributed by atoms with Gasteiger partial charge >= 0.3 is 0 Å². The molecule has 0 aromatic heterocycles. The van der Waals surface area contributed by atoms with Crippen LogP contribution in [0.4, 0.5) is 5.69 Å². The third kappa shape index (κ3) is 4.21. The Hall–Kier alpha value is -1.55. The van der Waals surface area contributed by atoms with Gasteiger partial charge in [0.2, 0.25) is 5.91 Å². The molecule has 2 atom stereocenters. The van der Waals surface area contributed by atoms with Gasteiger partial charge in [-0.1, -0.05) is 0 Å². The predicted octanol–water partition coefficient (Wildman–Crippen LogP) is 2.76.